The van der Waals surface area contributed by atoms with E-state index in [2.05, 4.69) is 5.32 Å². The number of fused-ring (bicyclic) bond motifs is 1. The second-order valence-electron chi connectivity index (χ2n) is 9.92. The van der Waals surface area contributed by atoms with Crippen LogP contribution >= 0.6 is 0 Å². The molecule has 4 atom stereocenters. The van der Waals surface area contributed by atoms with Crippen LogP contribution in [0.25, 0.3) is 0 Å². The molecule has 4 rings (SSSR count). The normalized spacial score (nSPS) is 24.2. The Labute approximate surface area is 219 Å². The minimum absolute atomic E-state index is 0.0216. The third-order valence-corrected chi connectivity index (χ3v) is 7.74. The van der Waals surface area contributed by atoms with Gasteiger partial charge in [-0.3, -0.25) is 38.7 Å². The Kier molecular flexibility index (Phi) is 7.65. The first-order valence-electron chi connectivity index (χ1n) is 12.7. The number of carbonyl (C=O) groups is 6. The van der Waals surface area contributed by atoms with Crippen molar-refractivity contribution in [2.24, 2.45) is 5.92 Å². The predicted octanol–water partition coefficient (Wildman–Crippen LogP) is 0.464. The van der Waals surface area contributed by atoms with E-state index in [1.807, 2.05) is 0 Å². The van der Waals surface area contributed by atoms with Gasteiger partial charge in [-0.05, 0) is 25.5 Å². The van der Waals surface area contributed by atoms with E-state index in [0.717, 1.165) is 9.80 Å². The molecule has 0 saturated carbocycles. The lowest BCUT2D eigenvalue weighted by molar-refractivity contribution is -0.185. The van der Waals surface area contributed by atoms with Crippen molar-refractivity contribution in [2.75, 3.05) is 26.2 Å². The molecule has 4 unspecified atom stereocenters. The van der Waals surface area contributed by atoms with Gasteiger partial charge < -0.3 is 15.2 Å². The largest absolute Gasteiger partial charge is 0.479 e. The van der Waals surface area contributed by atoms with Crippen molar-refractivity contribution in [3.8, 4) is 0 Å². The van der Waals surface area contributed by atoms with Crippen molar-refractivity contribution in [1.82, 2.24) is 20.0 Å². The van der Waals surface area contributed by atoms with Crippen molar-refractivity contribution in [2.45, 2.75) is 57.8 Å². The van der Waals surface area contributed by atoms with E-state index >= 15 is 0 Å². The molecular weight excluding hydrogens is 496 g/mol. The number of hydrogen-bond donors (Lipinski definition) is 2. The van der Waals surface area contributed by atoms with Gasteiger partial charge in [0.1, 0.15) is 17.8 Å². The van der Waals surface area contributed by atoms with Crippen LogP contribution in [0, 0.1) is 5.92 Å². The first kappa shape index (κ1) is 27.4. The summed E-state index contributed by atoms with van der Waals surface area (Å²) in [5, 5.41) is 13.4. The number of nitrogens with zero attached hydrogens (tertiary/aromatic N) is 3. The Morgan fingerprint density at radius 3 is 2.34 bits per heavy atom. The van der Waals surface area contributed by atoms with Gasteiger partial charge >= 0.3 is 5.97 Å². The number of likely N-dealkylation sites (tertiary alicyclic amines) is 1. The summed E-state index contributed by atoms with van der Waals surface area (Å²) in [4.78, 5) is 81.1. The van der Waals surface area contributed by atoms with E-state index in [0.29, 0.717) is 6.54 Å². The Balaban J connectivity index is 1.61. The Morgan fingerprint density at radius 1 is 1.18 bits per heavy atom. The topological polar surface area (TPSA) is 154 Å². The molecule has 0 radical (unpaired) electrons. The summed E-state index contributed by atoms with van der Waals surface area (Å²) in [6, 6.07) is 5.06. The van der Waals surface area contributed by atoms with Crippen LogP contribution in [0.3, 0.4) is 0 Å². The van der Waals surface area contributed by atoms with Crippen LogP contribution in [0.1, 0.15) is 60.7 Å². The van der Waals surface area contributed by atoms with Gasteiger partial charge in [-0.2, -0.15) is 0 Å². The lowest BCUT2D eigenvalue weighted by Crippen LogP contribution is -2.67. The number of rotatable bonds is 8. The van der Waals surface area contributed by atoms with Crippen molar-refractivity contribution < 1.29 is 38.6 Å². The zero-order valence-corrected chi connectivity index (χ0v) is 21.6. The van der Waals surface area contributed by atoms with Gasteiger partial charge in [0.05, 0.1) is 17.7 Å². The van der Waals surface area contributed by atoms with E-state index in [1.165, 1.54) is 24.0 Å². The Morgan fingerprint density at radius 2 is 1.82 bits per heavy atom. The van der Waals surface area contributed by atoms with Crippen molar-refractivity contribution >= 4 is 35.5 Å². The molecule has 2 saturated heterocycles. The number of carboxylic acids is 1. The first-order chi connectivity index (χ1) is 18.0. The van der Waals surface area contributed by atoms with Crippen molar-refractivity contribution in [3.63, 3.8) is 0 Å². The minimum Gasteiger partial charge on any atom is -0.479 e. The Hall–Kier alpha value is -3.64. The highest BCUT2D eigenvalue weighted by Crippen LogP contribution is 2.33. The summed E-state index contributed by atoms with van der Waals surface area (Å²) < 4.78 is 5.73. The molecule has 0 bridgehead atoms. The molecule has 2 N–H and O–H groups in total. The van der Waals surface area contributed by atoms with Crippen LogP contribution in [0.5, 0.6) is 0 Å². The molecule has 3 aliphatic rings. The van der Waals surface area contributed by atoms with Crippen LogP contribution < -0.4 is 5.32 Å². The molecular formula is C26H32N4O8. The van der Waals surface area contributed by atoms with Gasteiger partial charge in [0.15, 0.2) is 0 Å². The van der Waals surface area contributed by atoms with Crippen molar-refractivity contribution in [1.29, 1.82) is 0 Å². The van der Waals surface area contributed by atoms with Gasteiger partial charge in [0.2, 0.25) is 11.8 Å². The number of amides is 5. The van der Waals surface area contributed by atoms with Crippen LogP contribution in [0.4, 0.5) is 0 Å². The van der Waals surface area contributed by atoms with E-state index in [4.69, 9.17) is 4.74 Å². The number of morpholine rings is 1. The summed E-state index contributed by atoms with van der Waals surface area (Å²) in [5.74, 6) is -5.18. The van der Waals surface area contributed by atoms with Crippen LogP contribution in [0.2, 0.25) is 0 Å². The van der Waals surface area contributed by atoms with E-state index in [9.17, 15) is 33.9 Å². The molecule has 204 valence electrons. The summed E-state index contributed by atoms with van der Waals surface area (Å²) in [6.07, 6.45) is -0.947. The lowest BCUT2D eigenvalue weighted by atomic mass is 9.83. The minimum atomic E-state index is -1.83. The average Bonchev–Trinajstić information content (AvgIpc) is 3.16. The van der Waals surface area contributed by atoms with Gasteiger partial charge in [-0.15, -0.1) is 0 Å². The maximum absolute atomic E-state index is 13.6. The fourth-order valence-electron chi connectivity index (χ4n) is 5.35. The second kappa shape index (κ2) is 10.6. The molecule has 0 aromatic heterocycles. The highest BCUT2D eigenvalue weighted by Gasteiger charge is 2.53. The molecule has 0 spiro atoms. The third-order valence-electron chi connectivity index (χ3n) is 7.74. The molecule has 3 aliphatic heterocycles. The lowest BCUT2D eigenvalue weighted by Gasteiger charge is -2.48. The number of benzene rings is 1. The number of carbonyl (C=O) groups excluding carboxylic acids is 5. The van der Waals surface area contributed by atoms with E-state index < -0.39 is 59.2 Å². The molecule has 1 aromatic carbocycles. The van der Waals surface area contributed by atoms with Crippen LogP contribution in [0.15, 0.2) is 24.3 Å². The molecule has 38 heavy (non-hydrogen) atoms. The number of imide groups is 2. The van der Waals surface area contributed by atoms with E-state index in [-0.39, 0.29) is 50.1 Å². The standard InChI is InChI=1S/C26H32N4O8/c1-4-19(31)30(21-13-27-11-12-38-21)26(3,25(36)37)15(2)14-28-20(32)10-9-18(24(28)35)29-22(33)16-7-5-6-8-17(16)23(29)34/h5-8,15,18,21,27H,4,9-14H2,1-3H3,(H,36,37). The van der Waals surface area contributed by atoms with Gasteiger partial charge in [0.25, 0.3) is 17.7 Å². The number of piperidine rings is 1. The number of hydrogen-bond acceptors (Lipinski definition) is 8. The smallest absolute Gasteiger partial charge is 0.329 e. The molecule has 1 aromatic rings. The molecule has 12 heteroatoms. The molecule has 0 aliphatic carbocycles. The SMILES string of the molecule is CCC(=O)N(C1CNCCO1)C(C)(C(=O)O)C(C)CN1C(=O)CCC(N2C(=O)c3ccccc3C2=O)C1=O. The summed E-state index contributed by atoms with van der Waals surface area (Å²) >= 11 is 0. The summed E-state index contributed by atoms with van der Waals surface area (Å²) in [6.45, 7) is 5.28. The first-order valence-corrected chi connectivity index (χ1v) is 12.7. The van der Waals surface area contributed by atoms with E-state index in [1.54, 1.807) is 26.0 Å². The van der Waals surface area contributed by atoms with Gasteiger partial charge in [-0.25, -0.2) is 4.79 Å². The highest BCUT2D eigenvalue weighted by atomic mass is 16.5. The highest BCUT2D eigenvalue weighted by molar-refractivity contribution is 6.23. The molecule has 3 heterocycles. The fraction of sp³-hybridized carbons (Fsp3) is 0.538. The monoisotopic (exact) mass is 528 g/mol. The maximum Gasteiger partial charge on any atom is 0.329 e. The van der Waals surface area contributed by atoms with Crippen LogP contribution in [-0.2, 0) is 23.9 Å². The maximum atomic E-state index is 13.6. The number of carboxylic acid groups (broad SMARTS) is 1. The summed E-state index contributed by atoms with van der Waals surface area (Å²) in [5.41, 5.74) is -1.45. The zero-order chi connectivity index (χ0) is 27.8. The third kappa shape index (κ3) is 4.47. The summed E-state index contributed by atoms with van der Waals surface area (Å²) in [7, 11) is 0. The quantitative estimate of drug-likeness (QED) is 0.458. The molecule has 2 fully saturated rings. The van der Waals surface area contributed by atoms with Crippen LogP contribution in [-0.4, -0.2) is 99.4 Å². The second-order valence-corrected chi connectivity index (χ2v) is 9.92. The Bertz CT molecular complexity index is 1140. The molecule has 12 nitrogen and oxygen atoms in total. The number of ether oxygens (including phenoxy) is 1. The van der Waals surface area contributed by atoms with Gasteiger partial charge in [-0.1, -0.05) is 26.0 Å². The number of nitrogens with one attached hydrogen (secondary N) is 1. The molecule has 5 amide bonds. The van der Waals surface area contributed by atoms with Gasteiger partial charge in [0, 0.05) is 38.4 Å². The predicted molar refractivity (Wildman–Crippen MR) is 132 cm³/mol. The average molecular weight is 529 g/mol. The van der Waals surface area contributed by atoms with Crippen molar-refractivity contribution in [3.05, 3.63) is 35.4 Å². The zero-order valence-electron chi connectivity index (χ0n) is 21.6. The fourth-order valence-corrected chi connectivity index (χ4v) is 5.35. The number of aliphatic carboxylic acids is 1.